The Balaban J connectivity index is 0.00000294. The molecule has 10 nitrogen and oxygen atoms in total. The zero-order valence-electron chi connectivity index (χ0n) is 23.3. The van der Waals surface area contributed by atoms with Gasteiger partial charge in [0, 0.05) is 61.8 Å². The summed E-state index contributed by atoms with van der Waals surface area (Å²) in [7, 11) is 0. The van der Waals surface area contributed by atoms with E-state index in [1.54, 1.807) is 0 Å². The fraction of sp³-hybridized carbons (Fsp3) is 0.448. The number of amides is 4. The highest BCUT2D eigenvalue weighted by atomic mass is 35.5. The first-order valence-electron chi connectivity index (χ1n) is 14.0. The van der Waals surface area contributed by atoms with Crippen molar-refractivity contribution in [1.29, 1.82) is 0 Å². The number of rotatable bonds is 12. The van der Waals surface area contributed by atoms with E-state index in [9.17, 15) is 9.59 Å². The van der Waals surface area contributed by atoms with E-state index >= 15 is 0 Å². The largest absolute Gasteiger partial charge is 0.370 e. The van der Waals surface area contributed by atoms with Crippen LogP contribution in [0.1, 0.15) is 56.1 Å². The summed E-state index contributed by atoms with van der Waals surface area (Å²) in [5.41, 5.74) is 3.58. The van der Waals surface area contributed by atoms with Crippen LogP contribution >= 0.6 is 24.8 Å². The number of hydrogen-bond acceptors (Lipinski definition) is 6. The number of anilines is 2. The van der Waals surface area contributed by atoms with Crippen LogP contribution in [0.2, 0.25) is 0 Å². The van der Waals surface area contributed by atoms with Crippen molar-refractivity contribution in [3.8, 4) is 0 Å². The maximum Gasteiger partial charge on any atom is 0.319 e. The first kappa shape index (κ1) is 33.7. The highest BCUT2D eigenvalue weighted by molar-refractivity contribution is 6.00. The molecule has 0 aliphatic carbocycles. The number of amidine groups is 2. The zero-order valence-corrected chi connectivity index (χ0v) is 25.0. The van der Waals surface area contributed by atoms with Gasteiger partial charge in [0.2, 0.25) is 0 Å². The standard InChI is InChI=1S/C29H40N8O2.2ClH/c38-28(36-24-12-8-22(9-13-24)26-30-18-6-19-31-26)34-16-4-2-1-3-5-17-35-29(39)37-25-14-10-23(11-15-25)27-32-20-7-21-33-27;;/h8-15H,1-7,16-21H2,(H,30,31)(H,32,33)(H2,34,36,38)(H2,35,37,39);2*1H. The topological polar surface area (TPSA) is 131 Å². The molecular weight excluding hydrogens is 563 g/mol. The van der Waals surface area contributed by atoms with Crippen LogP contribution in [0.25, 0.3) is 0 Å². The van der Waals surface area contributed by atoms with Gasteiger partial charge in [0.1, 0.15) is 11.7 Å². The van der Waals surface area contributed by atoms with Gasteiger partial charge in [-0.2, -0.15) is 0 Å². The summed E-state index contributed by atoms with van der Waals surface area (Å²) >= 11 is 0. The number of nitrogens with zero attached hydrogens (tertiary/aromatic N) is 2. The normalized spacial score (nSPS) is 14.0. The number of nitrogens with one attached hydrogen (secondary N) is 6. The minimum absolute atomic E-state index is 0. The molecule has 2 aromatic rings. The number of halogens is 2. The summed E-state index contributed by atoms with van der Waals surface area (Å²) in [6.45, 7) is 4.86. The van der Waals surface area contributed by atoms with E-state index in [0.29, 0.717) is 13.1 Å². The lowest BCUT2D eigenvalue weighted by Gasteiger charge is -2.15. The van der Waals surface area contributed by atoms with Crippen molar-refractivity contribution in [2.45, 2.75) is 44.9 Å². The van der Waals surface area contributed by atoms with Crippen molar-refractivity contribution in [2.75, 3.05) is 49.9 Å². The molecule has 0 radical (unpaired) electrons. The predicted octanol–water partition coefficient (Wildman–Crippen LogP) is 4.90. The Morgan fingerprint density at radius 3 is 1.37 bits per heavy atom. The first-order valence-corrected chi connectivity index (χ1v) is 14.0. The summed E-state index contributed by atoms with van der Waals surface area (Å²) in [5.74, 6) is 1.84. The van der Waals surface area contributed by atoms with Gasteiger partial charge in [-0.1, -0.05) is 19.3 Å². The van der Waals surface area contributed by atoms with E-state index < -0.39 is 0 Å². The van der Waals surface area contributed by atoms with E-state index in [1.807, 2.05) is 48.5 Å². The van der Waals surface area contributed by atoms with Crippen molar-refractivity contribution in [2.24, 2.45) is 9.98 Å². The first-order chi connectivity index (χ1) is 19.2. The van der Waals surface area contributed by atoms with Crippen molar-refractivity contribution < 1.29 is 9.59 Å². The third-order valence-corrected chi connectivity index (χ3v) is 6.55. The molecule has 0 saturated carbocycles. The molecule has 224 valence electrons. The molecule has 41 heavy (non-hydrogen) atoms. The van der Waals surface area contributed by atoms with Gasteiger partial charge in [-0.25, -0.2) is 9.59 Å². The minimum Gasteiger partial charge on any atom is -0.370 e. The van der Waals surface area contributed by atoms with Crippen LogP contribution in [-0.2, 0) is 0 Å². The van der Waals surface area contributed by atoms with Crippen molar-refractivity contribution >= 4 is 59.9 Å². The Bertz CT molecular complexity index is 1050. The summed E-state index contributed by atoms with van der Waals surface area (Å²) in [4.78, 5) is 33.3. The Hall–Kier alpha value is -3.50. The summed E-state index contributed by atoms with van der Waals surface area (Å²) in [6, 6.07) is 15.0. The lowest BCUT2D eigenvalue weighted by Crippen LogP contribution is -2.30. The third kappa shape index (κ3) is 11.9. The maximum absolute atomic E-state index is 12.1. The highest BCUT2D eigenvalue weighted by Crippen LogP contribution is 2.12. The van der Waals surface area contributed by atoms with Crippen molar-refractivity contribution in [1.82, 2.24) is 21.3 Å². The molecule has 2 aliphatic rings. The number of hydrogen-bond donors (Lipinski definition) is 6. The number of aliphatic imine (C=N–C) groups is 2. The molecule has 0 unspecified atom stereocenters. The summed E-state index contributed by atoms with van der Waals surface area (Å²) in [6.07, 6.45) is 7.08. The van der Waals surface area contributed by atoms with Gasteiger partial charge >= 0.3 is 12.1 Å². The number of unbranched alkanes of at least 4 members (excludes halogenated alkanes) is 4. The molecule has 6 N–H and O–H groups in total. The van der Waals surface area contributed by atoms with E-state index in [4.69, 9.17) is 0 Å². The Labute approximate surface area is 254 Å². The molecule has 2 aliphatic heterocycles. The number of carbonyl (C=O) groups excluding carboxylic acids is 2. The maximum atomic E-state index is 12.1. The average Bonchev–Trinajstić information content (AvgIpc) is 2.98. The second-order valence-corrected chi connectivity index (χ2v) is 9.71. The summed E-state index contributed by atoms with van der Waals surface area (Å²) in [5, 5.41) is 18.2. The number of benzene rings is 2. The van der Waals surface area contributed by atoms with Gasteiger partial charge in [-0.15, -0.1) is 24.8 Å². The zero-order chi connectivity index (χ0) is 27.1. The van der Waals surface area contributed by atoms with Crippen molar-refractivity contribution in [3.05, 3.63) is 59.7 Å². The van der Waals surface area contributed by atoms with Gasteiger partial charge in [0.15, 0.2) is 0 Å². The number of carbonyl (C=O) groups is 2. The Morgan fingerprint density at radius 1 is 0.610 bits per heavy atom. The molecule has 4 amide bonds. The number of urea groups is 2. The van der Waals surface area contributed by atoms with Crippen LogP contribution in [0.4, 0.5) is 21.0 Å². The van der Waals surface area contributed by atoms with E-state index in [0.717, 1.165) is 105 Å². The van der Waals surface area contributed by atoms with E-state index in [-0.39, 0.29) is 36.9 Å². The SMILES string of the molecule is Cl.Cl.O=C(NCCCCCCCNC(=O)Nc1ccc(C2=NCCCN2)cc1)Nc1ccc(C2=NCCCN2)cc1. The van der Waals surface area contributed by atoms with Crippen molar-refractivity contribution in [3.63, 3.8) is 0 Å². The van der Waals surface area contributed by atoms with Gasteiger partial charge in [0.05, 0.1) is 0 Å². The highest BCUT2D eigenvalue weighted by Gasteiger charge is 2.09. The van der Waals surface area contributed by atoms with Crippen LogP contribution in [0, 0.1) is 0 Å². The molecule has 0 bridgehead atoms. The smallest absolute Gasteiger partial charge is 0.319 e. The second kappa shape index (κ2) is 18.8. The molecule has 0 fully saturated rings. The second-order valence-electron chi connectivity index (χ2n) is 9.71. The predicted molar refractivity (Wildman–Crippen MR) is 173 cm³/mol. The molecule has 0 aromatic heterocycles. The van der Waals surface area contributed by atoms with Crippen LogP contribution in [0.15, 0.2) is 58.5 Å². The van der Waals surface area contributed by atoms with Gasteiger partial charge in [-0.3, -0.25) is 9.98 Å². The van der Waals surface area contributed by atoms with Gasteiger partial charge in [0.25, 0.3) is 0 Å². The van der Waals surface area contributed by atoms with Gasteiger partial charge in [-0.05, 0) is 74.2 Å². The Kier molecular flexibility index (Phi) is 15.4. The third-order valence-electron chi connectivity index (χ3n) is 6.55. The van der Waals surface area contributed by atoms with E-state index in [1.165, 1.54) is 0 Å². The lowest BCUT2D eigenvalue weighted by molar-refractivity contribution is 0.251. The molecule has 12 heteroatoms. The molecule has 2 aromatic carbocycles. The Morgan fingerprint density at radius 2 is 1.00 bits per heavy atom. The van der Waals surface area contributed by atoms with Crippen LogP contribution in [0.5, 0.6) is 0 Å². The molecule has 2 heterocycles. The lowest BCUT2D eigenvalue weighted by atomic mass is 10.1. The van der Waals surface area contributed by atoms with Crippen LogP contribution < -0.4 is 31.9 Å². The monoisotopic (exact) mass is 604 g/mol. The van der Waals surface area contributed by atoms with Gasteiger partial charge < -0.3 is 31.9 Å². The quantitative estimate of drug-likeness (QED) is 0.192. The molecule has 0 spiro atoms. The fourth-order valence-electron chi connectivity index (χ4n) is 4.41. The van der Waals surface area contributed by atoms with Crippen LogP contribution in [0.3, 0.4) is 0 Å². The van der Waals surface area contributed by atoms with Crippen LogP contribution in [-0.4, -0.2) is 63.0 Å². The molecular formula is C29H42Cl2N8O2. The molecule has 4 rings (SSSR count). The average molecular weight is 606 g/mol. The minimum atomic E-state index is -0.194. The fourth-order valence-corrected chi connectivity index (χ4v) is 4.41. The summed E-state index contributed by atoms with van der Waals surface area (Å²) < 4.78 is 0. The van der Waals surface area contributed by atoms with E-state index in [2.05, 4.69) is 41.9 Å². The molecule has 0 atom stereocenters. The molecule has 0 saturated heterocycles.